The molecular weight excluding hydrogens is 170 g/mol. The van der Waals surface area contributed by atoms with Crippen molar-refractivity contribution in [1.29, 1.82) is 0 Å². The highest BCUT2D eigenvalue weighted by Crippen LogP contribution is 2.26. The fourth-order valence-electron chi connectivity index (χ4n) is 2.13. The molecule has 0 N–H and O–H groups in total. The number of benzene rings is 1. The number of likely N-dealkylation sites (tertiary alicyclic amines) is 1. The minimum Gasteiger partial charge on any atom is -0.369 e. The fraction of sp³-hybridized carbons (Fsp3) is 0.385. The Bertz CT molecular complexity index is 315. The van der Waals surface area contributed by atoms with E-state index in [-0.39, 0.29) is 0 Å². The zero-order chi connectivity index (χ0) is 9.97. The summed E-state index contributed by atoms with van der Waals surface area (Å²) in [5, 5.41) is 0. The van der Waals surface area contributed by atoms with Crippen molar-refractivity contribution in [3.63, 3.8) is 0 Å². The second-order valence-corrected chi connectivity index (χ2v) is 4.00. The molecule has 1 fully saturated rings. The SMILES string of the molecule is C=C(c1ccccc1)N1CCC[C@H]1C. The Balaban J connectivity index is 2.16. The van der Waals surface area contributed by atoms with Crippen LogP contribution in [0.4, 0.5) is 0 Å². The first-order valence-corrected chi connectivity index (χ1v) is 5.30. The Morgan fingerprint density at radius 1 is 1.36 bits per heavy atom. The lowest BCUT2D eigenvalue weighted by Crippen LogP contribution is -2.24. The van der Waals surface area contributed by atoms with Crippen LogP contribution in [0.25, 0.3) is 5.70 Å². The number of rotatable bonds is 2. The van der Waals surface area contributed by atoms with E-state index < -0.39 is 0 Å². The quantitative estimate of drug-likeness (QED) is 0.687. The summed E-state index contributed by atoms with van der Waals surface area (Å²) in [5.41, 5.74) is 2.43. The van der Waals surface area contributed by atoms with Gasteiger partial charge in [-0.25, -0.2) is 0 Å². The second-order valence-electron chi connectivity index (χ2n) is 4.00. The Morgan fingerprint density at radius 2 is 2.07 bits per heavy atom. The molecule has 1 saturated heterocycles. The van der Waals surface area contributed by atoms with Crippen LogP contribution in [0, 0.1) is 0 Å². The van der Waals surface area contributed by atoms with Gasteiger partial charge in [-0.3, -0.25) is 0 Å². The van der Waals surface area contributed by atoms with Crippen molar-refractivity contribution in [1.82, 2.24) is 4.90 Å². The van der Waals surface area contributed by atoms with Gasteiger partial charge in [0.25, 0.3) is 0 Å². The Morgan fingerprint density at radius 3 is 2.64 bits per heavy atom. The first-order valence-electron chi connectivity index (χ1n) is 5.30. The molecule has 0 aliphatic carbocycles. The monoisotopic (exact) mass is 187 g/mol. The van der Waals surface area contributed by atoms with Gasteiger partial charge in [-0.05, 0) is 25.3 Å². The Kier molecular flexibility index (Phi) is 2.58. The van der Waals surface area contributed by atoms with Crippen LogP contribution in [-0.2, 0) is 0 Å². The van der Waals surface area contributed by atoms with E-state index >= 15 is 0 Å². The molecule has 0 bridgehead atoms. The molecule has 0 aromatic heterocycles. The molecule has 0 unspecified atom stereocenters. The lowest BCUT2D eigenvalue weighted by atomic mass is 10.1. The lowest BCUT2D eigenvalue weighted by Gasteiger charge is -2.26. The third-order valence-electron chi connectivity index (χ3n) is 3.01. The zero-order valence-electron chi connectivity index (χ0n) is 8.74. The first-order chi connectivity index (χ1) is 6.79. The van der Waals surface area contributed by atoms with Gasteiger partial charge in [0.1, 0.15) is 0 Å². The van der Waals surface area contributed by atoms with Crippen LogP contribution in [0.5, 0.6) is 0 Å². The lowest BCUT2D eigenvalue weighted by molar-refractivity contribution is 0.394. The van der Waals surface area contributed by atoms with Gasteiger partial charge in [-0.2, -0.15) is 0 Å². The summed E-state index contributed by atoms with van der Waals surface area (Å²) in [7, 11) is 0. The highest BCUT2D eigenvalue weighted by atomic mass is 15.2. The van der Waals surface area contributed by atoms with E-state index in [9.17, 15) is 0 Å². The van der Waals surface area contributed by atoms with E-state index in [1.807, 2.05) is 6.07 Å². The normalized spacial score (nSPS) is 21.2. The van der Waals surface area contributed by atoms with Crippen LogP contribution < -0.4 is 0 Å². The number of hydrogen-bond donors (Lipinski definition) is 0. The highest BCUT2D eigenvalue weighted by molar-refractivity contribution is 5.62. The van der Waals surface area contributed by atoms with Crippen LogP contribution in [0.15, 0.2) is 36.9 Å². The van der Waals surface area contributed by atoms with Gasteiger partial charge in [0, 0.05) is 18.3 Å². The predicted molar refractivity (Wildman–Crippen MR) is 60.9 cm³/mol. The molecule has 1 heterocycles. The number of hydrogen-bond acceptors (Lipinski definition) is 1. The summed E-state index contributed by atoms with van der Waals surface area (Å²) in [6.45, 7) is 7.62. The van der Waals surface area contributed by atoms with Crippen molar-refractivity contribution >= 4 is 5.70 Å². The predicted octanol–water partition coefficient (Wildman–Crippen LogP) is 3.14. The molecule has 14 heavy (non-hydrogen) atoms. The van der Waals surface area contributed by atoms with E-state index in [2.05, 4.69) is 42.7 Å². The average molecular weight is 187 g/mol. The van der Waals surface area contributed by atoms with Crippen LogP contribution in [-0.4, -0.2) is 17.5 Å². The van der Waals surface area contributed by atoms with Crippen molar-refractivity contribution in [3.05, 3.63) is 42.5 Å². The van der Waals surface area contributed by atoms with Crippen LogP contribution >= 0.6 is 0 Å². The van der Waals surface area contributed by atoms with Gasteiger partial charge in [0.2, 0.25) is 0 Å². The molecule has 1 aromatic carbocycles. The maximum atomic E-state index is 4.18. The van der Waals surface area contributed by atoms with Crippen LogP contribution in [0.1, 0.15) is 25.3 Å². The first kappa shape index (κ1) is 9.32. The Hall–Kier alpha value is -1.24. The molecule has 1 aliphatic heterocycles. The zero-order valence-corrected chi connectivity index (χ0v) is 8.74. The van der Waals surface area contributed by atoms with E-state index in [1.165, 1.54) is 24.1 Å². The van der Waals surface area contributed by atoms with Gasteiger partial charge in [0.05, 0.1) is 0 Å². The molecule has 74 valence electrons. The molecule has 1 atom stereocenters. The van der Waals surface area contributed by atoms with Crippen molar-refractivity contribution in [3.8, 4) is 0 Å². The molecule has 1 aromatic rings. The molecule has 1 aliphatic rings. The van der Waals surface area contributed by atoms with Crippen molar-refractivity contribution in [2.24, 2.45) is 0 Å². The smallest absolute Gasteiger partial charge is 0.0369 e. The van der Waals surface area contributed by atoms with E-state index in [0.29, 0.717) is 6.04 Å². The topological polar surface area (TPSA) is 3.24 Å². The van der Waals surface area contributed by atoms with E-state index in [4.69, 9.17) is 0 Å². The molecule has 0 radical (unpaired) electrons. The van der Waals surface area contributed by atoms with Crippen molar-refractivity contribution in [2.45, 2.75) is 25.8 Å². The summed E-state index contributed by atoms with van der Waals surface area (Å²) in [6.07, 6.45) is 2.60. The van der Waals surface area contributed by atoms with E-state index in [0.717, 1.165) is 6.54 Å². The standard InChI is InChI=1S/C13H17N/c1-11-7-6-10-14(11)12(2)13-8-4-3-5-9-13/h3-5,8-9,11H,2,6-7,10H2,1H3/t11-/m1/s1. The molecule has 0 amide bonds. The number of nitrogens with zero attached hydrogens (tertiary/aromatic N) is 1. The van der Waals surface area contributed by atoms with Gasteiger partial charge < -0.3 is 4.90 Å². The van der Waals surface area contributed by atoms with Gasteiger partial charge in [-0.15, -0.1) is 0 Å². The summed E-state index contributed by atoms with van der Waals surface area (Å²) in [5.74, 6) is 0. The maximum absolute atomic E-state index is 4.18. The maximum Gasteiger partial charge on any atom is 0.0369 e. The third kappa shape index (κ3) is 1.67. The fourth-order valence-corrected chi connectivity index (χ4v) is 2.13. The minimum atomic E-state index is 0.655. The molecule has 1 heteroatoms. The molecule has 1 nitrogen and oxygen atoms in total. The molecule has 0 spiro atoms. The third-order valence-corrected chi connectivity index (χ3v) is 3.01. The van der Waals surface area contributed by atoms with Gasteiger partial charge >= 0.3 is 0 Å². The summed E-state index contributed by atoms with van der Waals surface area (Å²) >= 11 is 0. The Labute approximate surface area is 86.1 Å². The van der Waals surface area contributed by atoms with Crippen molar-refractivity contribution in [2.75, 3.05) is 6.54 Å². The molecule has 2 rings (SSSR count). The van der Waals surface area contributed by atoms with E-state index in [1.54, 1.807) is 0 Å². The summed E-state index contributed by atoms with van der Waals surface area (Å²) < 4.78 is 0. The summed E-state index contributed by atoms with van der Waals surface area (Å²) in [4.78, 5) is 2.41. The molecular formula is C13H17N. The molecule has 0 saturated carbocycles. The average Bonchev–Trinajstić information content (AvgIpc) is 2.65. The van der Waals surface area contributed by atoms with Crippen molar-refractivity contribution < 1.29 is 0 Å². The van der Waals surface area contributed by atoms with Crippen LogP contribution in [0.2, 0.25) is 0 Å². The van der Waals surface area contributed by atoms with Crippen LogP contribution in [0.3, 0.4) is 0 Å². The largest absolute Gasteiger partial charge is 0.369 e. The second kappa shape index (κ2) is 3.87. The summed E-state index contributed by atoms with van der Waals surface area (Å²) in [6, 6.07) is 11.1. The minimum absolute atomic E-state index is 0.655. The van der Waals surface area contributed by atoms with Gasteiger partial charge in [0.15, 0.2) is 0 Å². The van der Waals surface area contributed by atoms with Gasteiger partial charge in [-0.1, -0.05) is 36.9 Å². The highest BCUT2D eigenvalue weighted by Gasteiger charge is 2.21.